The first kappa shape index (κ1) is 21.8. The molecule has 4 aromatic rings. The molecule has 0 saturated carbocycles. The first-order valence-electron chi connectivity index (χ1n) is 10.5. The molecule has 0 aliphatic carbocycles. The van der Waals surface area contributed by atoms with Crippen molar-refractivity contribution in [1.82, 2.24) is 9.97 Å². The van der Waals surface area contributed by atoms with Crippen LogP contribution in [0.3, 0.4) is 0 Å². The Balaban J connectivity index is 1.36. The third-order valence-electron chi connectivity index (χ3n) is 4.85. The van der Waals surface area contributed by atoms with E-state index in [1.165, 1.54) is 0 Å². The van der Waals surface area contributed by atoms with Crippen molar-refractivity contribution >= 4 is 34.7 Å². The van der Waals surface area contributed by atoms with Crippen LogP contribution >= 0.6 is 0 Å². The normalized spacial score (nSPS) is 10.4. The van der Waals surface area contributed by atoms with Crippen LogP contribution in [-0.4, -0.2) is 23.0 Å². The van der Waals surface area contributed by atoms with Gasteiger partial charge in [0, 0.05) is 28.8 Å². The van der Waals surface area contributed by atoms with Gasteiger partial charge in [0.2, 0.25) is 11.9 Å². The Labute approximate surface area is 192 Å². The number of ether oxygens (including phenoxy) is 1. The van der Waals surface area contributed by atoms with E-state index in [1.807, 2.05) is 91.9 Å². The zero-order valence-electron chi connectivity index (χ0n) is 18.5. The third-order valence-corrected chi connectivity index (χ3v) is 4.85. The highest BCUT2D eigenvalue weighted by Crippen LogP contribution is 2.21. The van der Waals surface area contributed by atoms with Gasteiger partial charge in [0.1, 0.15) is 11.6 Å². The minimum atomic E-state index is -0.0838. The maximum atomic E-state index is 12.4. The number of anilines is 5. The smallest absolute Gasteiger partial charge is 0.229 e. The van der Waals surface area contributed by atoms with Crippen LogP contribution in [0.25, 0.3) is 0 Å². The number of hydrogen-bond acceptors (Lipinski definition) is 6. The van der Waals surface area contributed by atoms with E-state index in [2.05, 4.69) is 25.9 Å². The number of amides is 1. The summed E-state index contributed by atoms with van der Waals surface area (Å²) in [6.45, 7) is 1.92. The van der Waals surface area contributed by atoms with Crippen LogP contribution in [-0.2, 0) is 11.2 Å². The number of nitrogens with one attached hydrogen (secondary N) is 3. The van der Waals surface area contributed by atoms with Gasteiger partial charge in [-0.05, 0) is 61.0 Å². The maximum Gasteiger partial charge on any atom is 0.229 e. The molecule has 0 radical (unpaired) electrons. The molecule has 3 N–H and O–H groups in total. The molecular weight excluding hydrogens is 414 g/mol. The fraction of sp³-hybridized carbons (Fsp3) is 0.115. The van der Waals surface area contributed by atoms with Crippen LogP contribution in [0, 0.1) is 6.92 Å². The van der Waals surface area contributed by atoms with Gasteiger partial charge in [0.25, 0.3) is 0 Å². The molecule has 166 valence electrons. The SMILES string of the molecule is COc1ccc(CC(=O)Nc2ccc(Nc3nc(C)cc(Nc4ccccc4)n3)cc2)cc1. The lowest BCUT2D eigenvalue weighted by molar-refractivity contribution is -0.115. The number of carbonyl (C=O) groups excluding carboxylic acids is 1. The minimum absolute atomic E-state index is 0.0838. The van der Waals surface area contributed by atoms with E-state index < -0.39 is 0 Å². The van der Waals surface area contributed by atoms with E-state index in [9.17, 15) is 4.79 Å². The average Bonchev–Trinajstić information content (AvgIpc) is 2.81. The summed E-state index contributed by atoms with van der Waals surface area (Å²) in [6, 6.07) is 26.6. The molecule has 0 aliphatic heterocycles. The van der Waals surface area contributed by atoms with Crippen molar-refractivity contribution < 1.29 is 9.53 Å². The van der Waals surface area contributed by atoms with E-state index in [0.29, 0.717) is 11.8 Å². The highest BCUT2D eigenvalue weighted by molar-refractivity contribution is 5.92. The summed E-state index contributed by atoms with van der Waals surface area (Å²) in [5.74, 6) is 1.88. The summed E-state index contributed by atoms with van der Waals surface area (Å²) in [6.07, 6.45) is 0.290. The van der Waals surface area contributed by atoms with E-state index in [0.717, 1.165) is 34.1 Å². The van der Waals surface area contributed by atoms with Gasteiger partial charge in [0.05, 0.1) is 13.5 Å². The van der Waals surface area contributed by atoms with Gasteiger partial charge >= 0.3 is 0 Å². The molecule has 1 heterocycles. The van der Waals surface area contributed by atoms with Gasteiger partial charge in [-0.25, -0.2) is 4.98 Å². The summed E-state index contributed by atoms with van der Waals surface area (Å²) < 4.78 is 5.14. The predicted octanol–water partition coefficient (Wildman–Crippen LogP) is 5.46. The second-order valence-electron chi connectivity index (χ2n) is 7.48. The molecule has 0 atom stereocenters. The monoisotopic (exact) mass is 439 g/mol. The lowest BCUT2D eigenvalue weighted by Crippen LogP contribution is -2.14. The molecule has 0 aliphatic rings. The Morgan fingerprint density at radius 2 is 1.48 bits per heavy atom. The van der Waals surface area contributed by atoms with Crippen molar-refractivity contribution in [2.75, 3.05) is 23.1 Å². The predicted molar refractivity (Wildman–Crippen MR) is 132 cm³/mol. The molecule has 0 bridgehead atoms. The number of rotatable bonds is 8. The molecular formula is C26H25N5O2. The van der Waals surface area contributed by atoms with Crippen LogP contribution in [0.15, 0.2) is 84.9 Å². The lowest BCUT2D eigenvalue weighted by Gasteiger charge is -2.11. The molecule has 7 heteroatoms. The number of benzene rings is 3. The molecule has 0 saturated heterocycles. The Morgan fingerprint density at radius 3 is 2.18 bits per heavy atom. The molecule has 7 nitrogen and oxygen atoms in total. The first-order chi connectivity index (χ1) is 16.1. The molecule has 4 rings (SSSR count). The number of nitrogens with zero attached hydrogens (tertiary/aromatic N) is 2. The highest BCUT2D eigenvalue weighted by atomic mass is 16.5. The summed E-state index contributed by atoms with van der Waals surface area (Å²) >= 11 is 0. The molecule has 1 aromatic heterocycles. The van der Waals surface area contributed by atoms with Crippen molar-refractivity contribution in [1.29, 1.82) is 0 Å². The van der Waals surface area contributed by atoms with Gasteiger partial charge in [0.15, 0.2) is 0 Å². The topological polar surface area (TPSA) is 88.2 Å². The fourth-order valence-corrected chi connectivity index (χ4v) is 3.26. The highest BCUT2D eigenvalue weighted by Gasteiger charge is 2.07. The van der Waals surface area contributed by atoms with E-state index >= 15 is 0 Å². The van der Waals surface area contributed by atoms with Crippen LogP contribution < -0.4 is 20.7 Å². The third kappa shape index (κ3) is 6.30. The number of hydrogen-bond donors (Lipinski definition) is 3. The largest absolute Gasteiger partial charge is 0.497 e. The van der Waals surface area contributed by atoms with Gasteiger partial charge < -0.3 is 20.7 Å². The summed E-state index contributed by atoms with van der Waals surface area (Å²) in [7, 11) is 1.62. The van der Waals surface area contributed by atoms with Crippen LogP contribution in [0.2, 0.25) is 0 Å². The van der Waals surface area contributed by atoms with Crippen molar-refractivity contribution in [3.8, 4) is 5.75 Å². The van der Waals surface area contributed by atoms with Crippen molar-refractivity contribution in [3.05, 3.63) is 96.2 Å². The Kier molecular flexibility index (Phi) is 6.80. The van der Waals surface area contributed by atoms with Gasteiger partial charge in [-0.3, -0.25) is 4.79 Å². The van der Waals surface area contributed by atoms with Crippen LogP contribution in [0.5, 0.6) is 5.75 Å². The summed E-state index contributed by atoms with van der Waals surface area (Å²) in [5.41, 5.74) is 4.25. The summed E-state index contributed by atoms with van der Waals surface area (Å²) in [4.78, 5) is 21.4. The molecule has 1 amide bonds. The molecule has 0 fully saturated rings. The second kappa shape index (κ2) is 10.3. The maximum absolute atomic E-state index is 12.4. The number of aromatic nitrogens is 2. The Bertz CT molecular complexity index is 1210. The average molecular weight is 440 g/mol. The van der Waals surface area contributed by atoms with Crippen molar-refractivity contribution in [2.45, 2.75) is 13.3 Å². The zero-order valence-corrected chi connectivity index (χ0v) is 18.5. The van der Waals surface area contributed by atoms with Gasteiger partial charge in [-0.1, -0.05) is 30.3 Å². The van der Waals surface area contributed by atoms with E-state index in [-0.39, 0.29) is 12.3 Å². The van der Waals surface area contributed by atoms with E-state index in [1.54, 1.807) is 7.11 Å². The first-order valence-corrected chi connectivity index (χ1v) is 10.5. The Hall–Kier alpha value is -4.39. The van der Waals surface area contributed by atoms with Crippen LogP contribution in [0.1, 0.15) is 11.3 Å². The molecule has 33 heavy (non-hydrogen) atoms. The van der Waals surface area contributed by atoms with Gasteiger partial charge in [-0.15, -0.1) is 0 Å². The number of methoxy groups -OCH3 is 1. The lowest BCUT2D eigenvalue weighted by atomic mass is 10.1. The van der Waals surface area contributed by atoms with Crippen molar-refractivity contribution in [2.24, 2.45) is 0 Å². The number of para-hydroxylation sites is 1. The fourth-order valence-electron chi connectivity index (χ4n) is 3.26. The zero-order chi connectivity index (χ0) is 23.0. The minimum Gasteiger partial charge on any atom is -0.497 e. The van der Waals surface area contributed by atoms with Crippen molar-refractivity contribution in [3.63, 3.8) is 0 Å². The summed E-state index contributed by atoms with van der Waals surface area (Å²) in [5, 5.41) is 9.41. The second-order valence-corrected chi connectivity index (χ2v) is 7.48. The molecule has 0 spiro atoms. The van der Waals surface area contributed by atoms with Crippen LogP contribution in [0.4, 0.5) is 28.8 Å². The van der Waals surface area contributed by atoms with E-state index in [4.69, 9.17) is 4.74 Å². The number of aryl methyl sites for hydroxylation is 1. The Morgan fingerprint density at radius 1 is 0.818 bits per heavy atom. The van der Waals surface area contributed by atoms with Gasteiger partial charge in [-0.2, -0.15) is 4.98 Å². The standard InChI is InChI=1S/C26H25N5O2/c1-18-16-24(28-20-6-4-3-5-7-20)31-26(27-18)30-22-12-10-21(11-13-22)29-25(32)17-19-8-14-23(33-2)15-9-19/h3-16H,17H2,1-2H3,(H,29,32)(H2,27,28,30,31). The molecule has 3 aromatic carbocycles. The quantitative estimate of drug-likeness (QED) is 0.338. The number of carbonyl (C=O) groups is 1. The molecule has 0 unspecified atom stereocenters.